The van der Waals surface area contributed by atoms with Crippen molar-refractivity contribution in [1.82, 2.24) is 5.06 Å². The summed E-state index contributed by atoms with van der Waals surface area (Å²) < 4.78 is 16.1. The lowest BCUT2D eigenvalue weighted by atomic mass is 10.1. The van der Waals surface area contributed by atoms with E-state index in [4.69, 9.17) is 24.6 Å². The topological polar surface area (TPSA) is 200 Å². The van der Waals surface area contributed by atoms with Crippen molar-refractivity contribution in [2.75, 3.05) is 20.3 Å². The van der Waals surface area contributed by atoms with Crippen LogP contribution in [-0.4, -0.2) is 54.0 Å². The molecule has 194 valence electrons. The van der Waals surface area contributed by atoms with Gasteiger partial charge in [0.15, 0.2) is 11.5 Å². The molecule has 1 atom stereocenters. The molecule has 15 heteroatoms. The number of esters is 1. The molecular weight excluding hydrogens is 482 g/mol. The molecule has 1 saturated heterocycles. The van der Waals surface area contributed by atoms with Gasteiger partial charge in [0.05, 0.1) is 36.7 Å². The molecule has 15 nitrogen and oxygen atoms in total. The van der Waals surface area contributed by atoms with Gasteiger partial charge in [-0.3, -0.25) is 24.5 Å². The maximum absolute atomic E-state index is 12.0. The Balaban J connectivity index is 1.99. The number of methoxy groups -OCH3 is 1. The zero-order valence-electron chi connectivity index (χ0n) is 19.7. The van der Waals surface area contributed by atoms with Crippen LogP contribution in [0.25, 0.3) is 10.4 Å². The van der Waals surface area contributed by atoms with Crippen molar-refractivity contribution in [2.24, 2.45) is 5.11 Å². The Morgan fingerprint density at radius 1 is 1.17 bits per heavy atom. The lowest BCUT2D eigenvalue weighted by molar-refractivity contribution is -0.386. The summed E-state index contributed by atoms with van der Waals surface area (Å²) in [4.78, 5) is 65.2. The number of azide groups is 1. The van der Waals surface area contributed by atoms with E-state index in [9.17, 15) is 29.3 Å². The number of ether oxygens (including phenoxy) is 3. The minimum atomic E-state index is -0.980. The van der Waals surface area contributed by atoms with Crippen LogP contribution in [0, 0.1) is 10.1 Å². The maximum Gasteiger partial charge on any atom is 0.333 e. The van der Waals surface area contributed by atoms with Crippen molar-refractivity contribution in [3.8, 4) is 11.5 Å². The summed E-state index contributed by atoms with van der Waals surface area (Å²) >= 11 is 0. The first kappa shape index (κ1) is 27.9. The molecule has 0 saturated carbocycles. The van der Waals surface area contributed by atoms with E-state index in [1.807, 2.05) is 0 Å². The number of nitro groups is 1. The standard InChI is InChI=1S/C21H25N5O10/c1-13(35-20(29)5-3-9-23-24-22)14-11-16(33-2)17(12-15(14)26(31)32)34-10-4-6-21(30)36-25-18(27)7-8-19(25)28/h11-13H,3-10H2,1-2H3. The molecule has 0 N–H and O–H groups in total. The molecule has 36 heavy (non-hydrogen) atoms. The van der Waals surface area contributed by atoms with Crippen LogP contribution in [0.15, 0.2) is 17.2 Å². The third-order valence-corrected chi connectivity index (χ3v) is 4.94. The van der Waals surface area contributed by atoms with Crippen LogP contribution in [0.1, 0.15) is 57.1 Å². The molecule has 2 amide bonds. The fourth-order valence-corrected chi connectivity index (χ4v) is 3.18. The summed E-state index contributed by atoms with van der Waals surface area (Å²) in [5, 5.41) is 15.4. The number of rotatable bonds is 14. The second-order valence-electron chi connectivity index (χ2n) is 7.51. The van der Waals surface area contributed by atoms with Crippen molar-refractivity contribution >= 4 is 29.4 Å². The molecule has 1 aliphatic rings. The van der Waals surface area contributed by atoms with E-state index < -0.39 is 34.8 Å². The van der Waals surface area contributed by atoms with Gasteiger partial charge in [-0.15, -0.1) is 5.06 Å². The number of benzene rings is 1. The molecule has 0 radical (unpaired) electrons. The van der Waals surface area contributed by atoms with Gasteiger partial charge >= 0.3 is 11.9 Å². The van der Waals surface area contributed by atoms with Crippen LogP contribution in [0.2, 0.25) is 0 Å². The average molecular weight is 507 g/mol. The highest BCUT2D eigenvalue weighted by molar-refractivity contribution is 6.01. The minimum Gasteiger partial charge on any atom is -0.493 e. The normalized spacial score (nSPS) is 13.6. The van der Waals surface area contributed by atoms with Gasteiger partial charge in [0.25, 0.3) is 17.5 Å². The fraction of sp³-hybridized carbons (Fsp3) is 0.524. The van der Waals surface area contributed by atoms with Crippen molar-refractivity contribution in [3.05, 3.63) is 38.3 Å². The largest absolute Gasteiger partial charge is 0.493 e. The van der Waals surface area contributed by atoms with Gasteiger partial charge < -0.3 is 19.0 Å². The van der Waals surface area contributed by atoms with Gasteiger partial charge in [0, 0.05) is 30.7 Å². The smallest absolute Gasteiger partial charge is 0.333 e. The van der Waals surface area contributed by atoms with E-state index in [2.05, 4.69) is 10.0 Å². The van der Waals surface area contributed by atoms with Gasteiger partial charge in [-0.1, -0.05) is 5.11 Å². The molecule has 1 aromatic carbocycles. The van der Waals surface area contributed by atoms with Crippen molar-refractivity contribution in [3.63, 3.8) is 0 Å². The Morgan fingerprint density at radius 3 is 2.44 bits per heavy atom. The fourth-order valence-electron chi connectivity index (χ4n) is 3.18. The summed E-state index contributed by atoms with van der Waals surface area (Å²) in [6.45, 7) is 1.53. The number of hydroxylamine groups is 2. The van der Waals surface area contributed by atoms with Crippen LogP contribution in [-0.2, 0) is 28.8 Å². The van der Waals surface area contributed by atoms with Gasteiger partial charge in [0.1, 0.15) is 6.10 Å². The van der Waals surface area contributed by atoms with E-state index >= 15 is 0 Å². The Kier molecular flexibility index (Phi) is 10.4. The van der Waals surface area contributed by atoms with Gasteiger partial charge in [-0.2, -0.15) is 0 Å². The number of amides is 2. The lowest BCUT2D eigenvalue weighted by Gasteiger charge is -2.17. The first-order valence-electron chi connectivity index (χ1n) is 10.9. The van der Waals surface area contributed by atoms with Gasteiger partial charge in [-0.25, -0.2) is 4.79 Å². The molecule has 1 unspecified atom stereocenters. The molecule has 0 aliphatic carbocycles. The summed E-state index contributed by atoms with van der Waals surface area (Å²) in [6, 6.07) is 2.45. The summed E-state index contributed by atoms with van der Waals surface area (Å²) in [6.07, 6.45) is -0.822. The molecule has 0 bridgehead atoms. The molecule has 1 heterocycles. The number of imide groups is 1. The SMILES string of the molecule is COc1cc(C(C)OC(=O)CCCN=[N+]=[N-])c([N+](=O)[O-])cc1OCCCC(=O)ON1C(=O)CCC1=O. The molecular formula is C21H25N5O10. The van der Waals surface area contributed by atoms with Gasteiger partial charge in [-0.05, 0) is 31.4 Å². The van der Waals surface area contributed by atoms with Crippen molar-refractivity contribution < 1.29 is 43.1 Å². The number of carbonyl (C=O) groups excluding carboxylic acids is 4. The maximum atomic E-state index is 12.0. The molecule has 0 aromatic heterocycles. The van der Waals surface area contributed by atoms with Crippen LogP contribution in [0.4, 0.5) is 5.69 Å². The van der Waals surface area contributed by atoms with Crippen LogP contribution < -0.4 is 9.47 Å². The number of hydrogen-bond donors (Lipinski definition) is 0. The monoisotopic (exact) mass is 507 g/mol. The van der Waals surface area contributed by atoms with E-state index in [0.717, 1.165) is 6.07 Å². The molecule has 1 aromatic rings. The van der Waals surface area contributed by atoms with Crippen LogP contribution >= 0.6 is 0 Å². The third kappa shape index (κ3) is 7.84. The first-order valence-corrected chi connectivity index (χ1v) is 10.9. The van der Waals surface area contributed by atoms with Crippen molar-refractivity contribution in [1.29, 1.82) is 0 Å². The average Bonchev–Trinajstić information content (AvgIpc) is 3.15. The number of hydrogen-bond acceptors (Lipinski definition) is 11. The first-order chi connectivity index (χ1) is 17.2. The Hall–Kier alpha value is -4.39. The molecule has 2 rings (SSSR count). The highest BCUT2D eigenvalue weighted by Gasteiger charge is 2.32. The summed E-state index contributed by atoms with van der Waals surface area (Å²) in [7, 11) is 1.33. The molecule has 1 aliphatic heterocycles. The van der Waals surface area contributed by atoms with Gasteiger partial charge in [0.2, 0.25) is 0 Å². The number of nitrogens with zero attached hydrogens (tertiary/aromatic N) is 5. The minimum absolute atomic E-state index is 0.0149. The predicted octanol–water partition coefficient (Wildman–Crippen LogP) is 3.06. The van der Waals surface area contributed by atoms with Crippen molar-refractivity contribution in [2.45, 2.75) is 51.6 Å². The van der Waals surface area contributed by atoms with E-state index in [0.29, 0.717) is 5.06 Å². The van der Waals surface area contributed by atoms with Crippen LogP contribution in [0.3, 0.4) is 0 Å². The molecule has 1 fully saturated rings. The molecule has 0 spiro atoms. The van der Waals surface area contributed by atoms with E-state index in [-0.39, 0.29) is 74.4 Å². The summed E-state index contributed by atoms with van der Waals surface area (Å²) in [5.74, 6) is -2.43. The third-order valence-electron chi connectivity index (χ3n) is 4.94. The predicted molar refractivity (Wildman–Crippen MR) is 119 cm³/mol. The highest BCUT2D eigenvalue weighted by Crippen LogP contribution is 2.38. The Morgan fingerprint density at radius 2 is 1.83 bits per heavy atom. The Bertz CT molecular complexity index is 1050. The quantitative estimate of drug-likeness (QED) is 0.0526. The number of nitro benzene ring substituents is 1. The second-order valence-corrected chi connectivity index (χ2v) is 7.51. The second kappa shape index (κ2) is 13.5. The zero-order valence-corrected chi connectivity index (χ0v) is 19.7. The van der Waals surface area contributed by atoms with E-state index in [1.165, 1.54) is 20.1 Å². The Labute approximate surface area is 205 Å². The highest BCUT2D eigenvalue weighted by atomic mass is 16.7. The lowest BCUT2D eigenvalue weighted by Crippen LogP contribution is -2.32. The van der Waals surface area contributed by atoms with Crippen LogP contribution in [0.5, 0.6) is 11.5 Å². The zero-order chi connectivity index (χ0) is 26.7. The number of carbonyl (C=O) groups is 4. The summed E-state index contributed by atoms with van der Waals surface area (Å²) in [5.41, 5.74) is 7.96. The van der Waals surface area contributed by atoms with E-state index in [1.54, 1.807) is 0 Å².